The van der Waals surface area contributed by atoms with Crippen molar-refractivity contribution in [2.75, 3.05) is 53.0 Å². The highest BCUT2D eigenvalue weighted by Crippen LogP contribution is 2.40. The molecule has 0 fully saturated rings. The van der Waals surface area contributed by atoms with E-state index in [0.29, 0.717) is 19.3 Å². The zero-order chi connectivity index (χ0) is 55.8. The van der Waals surface area contributed by atoms with E-state index in [9.17, 15) is 103 Å². The van der Waals surface area contributed by atoms with Crippen molar-refractivity contribution in [3.05, 3.63) is 0 Å². The lowest BCUT2D eigenvalue weighted by atomic mass is 9.91. The van der Waals surface area contributed by atoms with E-state index in [0.717, 1.165) is 0 Å². The molecule has 0 aliphatic heterocycles. The van der Waals surface area contributed by atoms with Crippen LogP contribution in [0.5, 0.6) is 0 Å². The molecule has 0 aromatic heterocycles. The highest BCUT2D eigenvalue weighted by Gasteiger charge is 2.54. The summed E-state index contributed by atoms with van der Waals surface area (Å²) in [4.78, 5) is 67.5. The molecule has 0 spiro atoms. The van der Waals surface area contributed by atoms with Gasteiger partial charge in [-0.3, -0.25) is 23.2 Å². The van der Waals surface area contributed by atoms with Crippen molar-refractivity contribution in [2.24, 2.45) is 16.7 Å². The Kier molecular flexibility index (Phi) is 29.8. The maximum Gasteiger partial charge on any atom is 0.394 e. The molecule has 0 amide bonds. The number of carbonyl (C=O) groups is 6. The second-order valence-electron chi connectivity index (χ2n) is 16.5. The molecule has 12 nitrogen and oxygen atoms in total. The fourth-order valence-corrected chi connectivity index (χ4v) is 4.12. The van der Waals surface area contributed by atoms with E-state index < -0.39 is 186 Å². The molecule has 414 valence electrons. The van der Waals surface area contributed by atoms with Crippen molar-refractivity contribution >= 4 is 35.8 Å². The molecule has 0 heterocycles. The van der Waals surface area contributed by atoms with Gasteiger partial charge in [0.15, 0.2) is 0 Å². The Morgan fingerprint density at radius 1 is 0.400 bits per heavy atom. The number of esters is 6. The number of carbonyl (C=O) groups excluding carboxylic acids is 6. The van der Waals surface area contributed by atoms with Gasteiger partial charge >= 0.3 is 59.8 Å². The zero-order valence-electron chi connectivity index (χ0n) is 39.4. The predicted octanol–water partition coefficient (Wildman–Crippen LogP) is 10.8. The third kappa shape index (κ3) is 30.4. The first-order valence-electron chi connectivity index (χ1n) is 20.9. The van der Waals surface area contributed by atoms with Crippen LogP contribution in [-0.4, -0.2) is 131 Å². The van der Waals surface area contributed by atoms with Crippen LogP contribution in [0.2, 0.25) is 0 Å². The van der Waals surface area contributed by atoms with E-state index >= 15 is 0 Å². The Morgan fingerprint density at radius 3 is 0.900 bits per heavy atom. The van der Waals surface area contributed by atoms with E-state index in [-0.39, 0.29) is 0 Å². The van der Waals surface area contributed by atoms with Crippen LogP contribution in [-0.2, 0) is 57.2 Å². The Morgan fingerprint density at radius 2 is 0.657 bits per heavy atom. The van der Waals surface area contributed by atoms with Gasteiger partial charge in [-0.15, -0.1) is 0 Å². The summed E-state index contributed by atoms with van der Waals surface area (Å²) < 4.78 is 243. The van der Waals surface area contributed by atoms with E-state index in [1.54, 1.807) is 55.4 Å². The molecule has 0 saturated heterocycles. The van der Waals surface area contributed by atoms with Crippen LogP contribution >= 0.6 is 0 Å². The first kappa shape index (κ1) is 69.9. The van der Waals surface area contributed by atoms with Crippen LogP contribution in [0.15, 0.2) is 0 Å². The molecule has 0 aromatic carbocycles. The molecule has 0 aliphatic rings. The Balaban J connectivity index is -0.000000964. The fourth-order valence-electron chi connectivity index (χ4n) is 4.12. The molecule has 0 radical (unpaired) electrons. The van der Waals surface area contributed by atoms with Crippen molar-refractivity contribution in [2.45, 2.75) is 155 Å². The van der Waals surface area contributed by atoms with Crippen LogP contribution in [0.4, 0.5) is 74.6 Å². The summed E-state index contributed by atoms with van der Waals surface area (Å²) in [6.45, 7) is 6.43. The summed E-state index contributed by atoms with van der Waals surface area (Å²) in [5.41, 5.74) is -1.63. The third-order valence-corrected chi connectivity index (χ3v) is 9.27. The fraction of sp³-hybridized carbons (Fsp3) is 0.854. The third-order valence-electron chi connectivity index (χ3n) is 9.27. The number of rotatable bonds is 29. The topological polar surface area (TPSA) is 158 Å². The van der Waals surface area contributed by atoms with Crippen LogP contribution < -0.4 is 0 Å². The normalized spacial score (nSPS) is 13.3. The Hall–Kier alpha value is -4.37. The number of hydrogen-bond donors (Lipinski definition) is 0. The number of ether oxygens (including phenoxy) is 6. The Labute approximate surface area is 392 Å². The standard InChI is InChI=1S/C14H19F7O4.C14H21F5O4.C13H19F5O4/c1-4-11(2,3)9(22)24-5-6-25-10(23)13(17,18)7-12(15,16)8-14(19,20)21;1-4-12(2,3)10(20)22-7-8-23-11(21)14(18,19)9-13(16,17)5-6-15;1-3-9(2)10(19)21-6-7-22-11(20)13(17,18)8-12(15,16)4-5-14/h4-8H2,1-3H3;4-9H2,1-3H3;9H,3-8H2,1-2H3. The highest BCUT2D eigenvalue weighted by atomic mass is 19.4. The molecule has 0 N–H and O–H groups in total. The number of halogens is 17. The Bertz CT molecular complexity index is 1620. The van der Waals surface area contributed by atoms with Crippen molar-refractivity contribution in [1.82, 2.24) is 0 Å². The highest BCUT2D eigenvalue weighted by molar-refractivity contribution is 5.79. The van der Waals surface area contributed by atoms with Gasteiger partial charge < -0.3 is 28.4 Å². The quantitative estimate of drug-likeness (QED) is 0.0303. The van der Waals surface area contributed by atoms with Gasteiger partial charge in [0.1, 0.15) is 46.1 Å². The molecular formula is C41H59F17O12. The summed E-state index contributed by atoms with van der Waals surface area (Å²) in [5, 5.41) is 0. The molecule has 0 bridgehead atoms. The lowest BCUT2D eigenvalue weighted by molar-refractivity contribution is -0.214. The van der Waals surface area contributed by atoms with Crippen LogP contribution in [0.1, 0.15) is 113 Å². The van der Waals surface area contributed by atoms with Crippen molar-refractivity contribution in [1.29, 1.82) is 0 Å². The summed E-state index contributed by atoms with van der Waals surface area (Å²) in [6, 6.07) is 0. The average Bonchev–Trinajstić information content (AvgIpc) is 3.19. The van der Waals surface area contributed by atoms with Crippen LogP contribution in [0.25, 0.3) is 0 Å². The van der Waals surface area contributed by atoms with E-state index in [1.807, 2.05) is 0 Å². The molecule has 29 heteroatoms. The smallest absolute Gasteiger partial charge is 0.394 e. The molecule has 0 aromatic rings. The predicted molar refractivity (Wildman–Crippen MR) is 209 cm³/mol. The summed E-state index contributed by atoms with van der Waals surface area (Å²) >= 11 is 0. The largest absolute Gasteiger partial charge is 0.462 e. The van der Waals surface area contributed by atoms with Gasteiger partial charge in [-0.1, -0.05) is 27.7 Å². The van der Waals surface area contributed by atoms with E-state index in [2.05, 4.69) is 23.7 Å². The van der Waals surface area contributed by atoms with Crippen molar-refractivity contribution in [3.8, 4) is 0 Å². The minimum absolute atomic E-state index is 0.392. The second-order valence-corrected chi connectivity index (χ2v) is 16.5. The van der Waals surface area contributed by atoms with Crippen LogP contribution in [0, 0.1) is 16.7 Å². The summed E-state index contributed by atoms with van der Waals surface area (Å²) in [6.07, 6.45) is -16.5. The van der Waals surface area contributed by atoms with Crippen LogP contribution in [0.3, 0.4) is 0 Å². The molecule has 0 aliphatic carbocycles. The SMILES string of the molecule is CCC(C)(C)C(=O)OCCOC(=O)C(F)(F)CC(F)(F)CC(F)(F)F.CCC(C)(C)C(=O)OCCOC(=O)C(F)(F)CC(F)(F)CCF.CCC(C)C(=O)OCCOC(=O)C(F)(F)CC(F)(F)CCF. The molecular weight excluding hydrogens is 1010 g/mol. The minimum Gasteiger partial charge on any atom is -0.462 e. The average molecular weight is 1070 g/mol. The van der Waals surface area contributed by atoms with Crippen molar-refractivity contribution in [3.63, 3.8) is 0 Å². The van der Waals surface area contributed by atoms with Gasteiger partial charge in [0, 0.05) is 12.8 Å². The maximum absolute atomic E-state index is 13.3. The zero-order valence-corrected chi connectivity index (χ0v) is 39.4. The van der Waals surface area contributed by atoms with Gasteiger partial charge in [-0.2, -0.15) is 39.5 Å². The first-order valence-corrected chi connectivity index (χ1v) is 20.9. The van der Waals surface area contributed by atoms with E-state index in [1.165, 1.54) is 0 Å². The van der Waals surface area contributed by atoms with Crippen molar-refractivity contribution < 1.29 is 132 Å². The van der Waals surface area contributed by atoms with Gasteiger partial charge in [-0.05, 0) is 47.0 Å². The maximum atomic E-state index is 13.3. The first-order chi connectivity index (χ1) is 31.5. The summed E-state index contributed by atoms with van der Waals surface area (Å²) in [7, 11) is 0. The molecule has 1 atom stereocenters. The molecule has 0 rings (SSSR count). The molecule has 1 unspecified atom stereocenters. The summed E-state index contributed by atoms with van der Waals surface area (Å²) in [5.74, 6) is -35.6. The van der Waals surface area contributed by atoms with Gasteiger partial charge in [-0.25, -0.2) is 40.7 Å². The monoisotopic (exact) mass is 1070 g/mol. The lowest BCUT2D eigenvalue weighted by Crippen LogP contribution is -2.40. The second kappa shape index (κ2) is 29.8. The molecule has 0 saturated carbocycles. The number of hydrogen-bond acceptors (Lipinski definition) is 12. The van der Waals surface area contributed by atoms with Gasteiger partial charge in [0.25, 0.3) is 17.8 Å². The minimum atomic E-state index is -5.37. The number of alkyl halides is 17. The molecule has 70 heavy (non-hydrogen) atoms. The van der Waals surface area contributed by atoms with E-state index in [4.69, 9.17) is 4.74 Å². The van der Waals surface area contributed by atoms with Gasteiger partial charge in [0.2, 0.25) is 0 Å². The van der Waals surface area contributed by atoms with Gasteiger partial charge in [0.05, 0.1) is 49.4 Å². The lowest BCUT2D eigenvalue weighted by Gasteiger charge is -2.23.